The van der Waals surface area contributed by atoms with Crippen LogP contribution in [-0.2, 0) is 9.53 Å². The second kappa shape index (κ2) is 8.48. The Labute approximate surface area is 111 Å². The Kier molecular flexibility index (Phi) is 7.28. The normalized spacial score (nSPS) is 25.7. The van der Waals surface area contributed by atoms with Crippen LogP contribution in [0.4, 0.5) is 0 Å². The van der Waals surface area contributed by atoms with E-state index in [0.29, 0.717) is 24.9 Å². The molecule has 3 atom stereocenters. The maximum atomic E-state index is 11.8. The summed E-state index contributed by atoms with van der Waals surface area (Å²) in [4.78, 5) is 11.8. The minimum atomic E-state index is 0.140. The van der Waals surface area contributed by atoms with Crippen molar-refractivity contribution in [3.05, 3.63) is 0 Å². The highest BCUT2D eigenvalue weighted by Gasteiger charge is 2.24. The molecule has 3 unspecified atom stereocenters. The second-order valence-electron chi connectivity index (χ2n) is 5.61. The van der Waals surface area contributed by atoms with Crippen molar-refractivity contribution in [1.82, 2.24) is 5.32 Å². The SMILES string of the molecule is COCC(C)CC(=O)NCC1CCCCC1CN. The molecule has 0 aromatic carbocycles. The lowest BCUT2D eigenvalue weighted by atomic mass is 9.79. The van der Waals surface area contributed by atoms with Crippen molar-refractivity contribution < 1.29 is 9.53 Å². The topological polar surface area (TPSA) is 64.3 Å². The van der Waals surface area contributed by atoms with E-state index in [2.05, 4.69) is 5.32 Å². The molecule has 4 nitrogen and oxygen atoms in total. The smallest absolute Gasteiger partial charge is 0.220 e. The lowest BCUT2D eigenvalue weighted by Crippen LogP contribution is -2.37. The Balaban J connectivity index is 2.24. The predicted octanol–water partition coefficient (Wildman–Crippen LogP) is 1.54. The van der Waals surface area contributed by atoms with Crippen molar-refractivity contribution >= 4 is 5.91 Å². The molecular formula is C14H28N2O2. The van der Waals surface area contributed by atoms with Gasteiger partial charge in [0.25, 0.3) is 0 Å². The molecule has 0 heterocycles. The highest BCUT2D eigenvalue weighted by Crippen LogP contribution is 2.28. The molecule has 0 aromatic heterocycles. The first-order valence-electron chi connectivity index (χ1n) is 7.13. The molecule has 0 bridgehead atoms. The number of rotatable bonds is 7. The van der Waals surface area contributed by atoms with E-state index in [1.165, 1.54) is 25.7 Å². The Hall–Kier alpha value is -0.610. The van der Waals surface area contributed by atoms with E-state index in [0.717, 1.165) is 13.1 Å². The first-order valence-corrected chi connectivity index (χ1v) is 7.13. The number of carbonyl (C=O) groups excluding carboxylic acids is 1. The maximum Gasteiger partial charge on any atom is 0.220 e. The summed E-state index contributed by atoms with van der Waals surface area (Å²) in [5.41, 5.74) is 5.79. The highest BCUT2D eigenvalue weighted by molar-refractivity contribution is 5.76. The molecule has 18 heavy (non-hydrogen) atoms. The average molecular weight is 256 g/mol. The van der Waals surface area contributed by atoms with Gasteiger partial charge < -0.3 is 15.8 Å². The van der Waals surface area contributed by atoms with E-state index >= 15 is 0 Å². The van der Waals surface area contributed by atoms with E-state index in [-0.39, 0.29) is 11.8 Å². The van der Waals surface area contributed by atoms with Crippen molar-refractivity contribution in [2.75, 3.05) is 26.8 Å². The summed E-state index contributed by atoms with van der Waals surface area (Å²) in [7, 11) is 1.67. The molecule has 0 aliphatic heterocycles. The van der Waals surface area contributed by atoms with E-state index in [9.17, 15) is 4.79 Å². The summed E-state index contributed by atoms with van der Waals surface area (Å²) in [5, 5.41) is 3.06. The van der Waals surface area contributed by atoms with Gasteiger partial charge in [-0.3, -0.25) is 4.79 Å². The summed E-state index contributed by atoms with van der Waals surface area (Å²) < 4.78 is 5.04. The van der Waals surface area contributed by atoms with Crippen LogP contribution in [0.1, 0.15) is 39.0 Å². The van der Waals surface area contributed by atoms with Gasteiger partial charge in [-0.05, 0) is 37.1 Å². The van der Waals surface area contributed by atoms with Crippen LogP contribution in [0.15, 0.2) is 0 Å². The molecule has 0 radical (unpaired) electrons. The number of nitrogens with two attached hydrogens (primary N) is 1. The van der Waals surface area contributed by atoms with Gasteiger partial charge in [-0.25, -0.2) is 0 Å². The molecule has 3 N–H and O–H groups in total. The zero-order valence-electron chi connectivity index (χ0n) is 11.8. The first kappa shape index (κ1) is 15.4. The van der Waals surface area contributed by atoms with E-state index in [1.54, 1.807) is 7.11 Å². The minimum Gasteiger partial charge on any atom is -0.384 e. The number of carbonyl (C=O) groups is 1. The minimum absolute atomic E-state index is 0.140. The van der Waals surface area contributed by atoms with Gasteiger partial charge in [0.15, 0.2) is 0 Å². The molecule has 4 heteroatoms. The van der Waals surface area contributed by atoms with E-state index in [4.69, 9.17) is 10.5 Å². The fraction of sp³-hybridized carbons (Fsp3) is 0.929. The molecule has 1 rings (SSSR count). The monoisotopic (exact) mass is 256 g/mol. The molecule has 1 aliphatic rings. The van der Waals surface area contributed by atoms with Gasteiger partial charge in [-0.2, -0.15) is 0 Å². The summed E-state index contributed by atoms with van der Waals surface area (Å²) in [6, 6.07) is 0. The Morgan fingerprint density at radius 1 is 1.39 bits per heavy atom. The molecule has 0 saturated heterocycles. The number of methoxy groups -OCH3 is 1. The lowest BCUT2D eigenvalue weighted by molar-refractivity contribution is -0.122. The standard InChI is InChI=1S/C14H28N2O2/c1-11(10-18-2)7-14(17)16-9-13-6-4-3-5-12(13)8-15/h11-13H,3-10,15H2,1-2H3,(H,16,17). The predicted molar refractivity (Wildman–Crippen MR) is 73.2 cm³/mol. The van der Waals surface area contributed by atoms with Gasteiger partial charge >= 0.3 is 0 Å². The summed E-state index contributed by atoms with van der Waals surface area (Å²) in [6.45, 7) is 4.22. The van der Waals surface area contributed by atoms with Gasteiger partial charge in [0, 0.05) is 26.7 Å². The molecule has 1 saturated carbocycles. The fourth-order valence-electron chi connectivity index (χ4n) is 2.84. The fourth-order valence-corrected chi connectivity index (χ4v) is 2.84. The summed E-state index contributed by atoms with van der Waals surface area (Å²) >= 11 is 0. The van der Waals surface area contributed by atoms with Crippen molar-refractivity contribution in [3.63, 3.8) is 0 Å². The van der Waals surface area contributed by atoms with Gasteiger partial charge in [0.1, 0.15) is 0 Å². The number of hydrogen-bond acceptors (Lipinski definition) is 3. The van der Waals surface area contributed by atoms with Gasteiger partial charge in [-0.1, -0.05) is 19.8 Å². The number of ether oxygens (including phenoxy) is 1. The van der Waals surface area contributed by atoms with Crippen LogP contribution >= 0.6 is 0 Å². The Bertz CT molecular complexity index is 246. The van der Waals surface area contributed by atoms with Crippen molar-refractivity contribution in [1.29, 1.82) is 0 Å². The molecule has 106 valence electrons. The molecule has 1 amide bonds. The van der Waals surface area contributed by atoms with E-state index < -0.39 is 0 Å². The van der Waals surface area contributed by atoms with Crippen molar-refractivity contribution in [2.24, 2.45) is 23.5 Å². The van der Waals surface area contributed by atoms with Crippen LogP contribution in [0.25, 0.3) is 0 Å². The summed E-state index contributed by atoms with van der Waals surface area (Å²) in [5.74, 6) is 1.59. The van der Waals surface area contributed by atoms with Gasteiger partial charge in [0.2, 0.25) is 5.91 Å². The van der Waals surface area contributed by atoms with Crippen molar-refractivity contribution in [3.8, 4) is 0 Å². The van der Waals surface area contributed by atoms with Crippen LogP contribution in [-0.4, -0.2) is 32.7 Å². The van der Waals surface area contributed by atoms with Crippen LogP contribution in [0.5, 0.6) is 0 Å². The molecule has 0 spiro atoms. The third kappa shape index (κ3) is 5.36. The lowest BCUT2D eigenvalue weighted by Gasteiger charge is -2.30. The van der Waals surface area contributed by atoms with Crippen LogP contribution in [0.2, 0.25) is 0 Å². The maximum absolute atomic E-state index is 11.8. The molecular weight excluding hydrogens is 228 g/mol. The van der Waals surface area contributed by atoms with Crippen LogP contribution in [0, 0.1) is 17.8 Å². The second-order valence-corrected chi connectivity index (χ2v) is 5.61. The van der Waals surface area contributed by atoms with Gasteiger partial charge in [0.05, 0.1) is 0 Å². The highest BCUT2D eigenvalue weighted by atomic mass is 16.5. The van der Waals surface area contributed by atoms with Gasteiger partial charge in [-0.15, -0.1) is 0 Å². The molecule has 1 fully saturated rings. The average Bonchev–Trinajstić information content (AvgIpc) is 2.37. The first-order chi connectivity index (χ1) is 8.67. The molecule has 1 aliphatic carbocycles. The zero-order valence-corrected chi connectivity index (χ0v) is 11.8. The third-order valence-electron chi connectivity index (χ3n) is 3.92. The third-order valence-corrected chi connectivity index (χ3v) is 3.92. The Morgan fingerprint density at radius 3 is 2.67 bits per heavy atom. The number of hydrogen-bond donors (Lipinski definition) is 2. The molecule has 0 aromatic rings. The zero-order chi connectivity index (χ0) is 13.4. The Morgan fingerprint density at radius 2 is 2.06 bits per heavy atom. The largest absolute Gasteiger partial charge is 0.384 e. The van der Waals surface area contributed by atoms with Crippen LogP contribution < -0.4 is 11.1 Å². The quantitative estimate of drug-likeness (QED) is 0.726. The van der Waals surface area contributed by atoms with Crippen LogP contribution in [0.3, 0.4) is 0 Å². The summed E-state index contributed by atoms with van der Waals surface area (Å²) in [6.07, 6.45) is 5.54. The number of nitrogens with one attached hydrogen (secondary N) is 1. The van der Waals surface area contributed by atoms with E-state index in [1.807, 2.05) is 6.92 Å². The van der Waals surface area contributed by atoms with Crippen molar-refractivity contribution in [2.45, 2.75) is 39.0 Å². The number of amides is 1.